The zero-order valence-electron chi connectivity index (χ0n) is 12.6. The number of aryl methyl sites for hydroxylation is 2. The van der Waals surface area contributed by atoms with Crippen molar-refractivity contribution in [1.82, 2.24) is 5.32 Å². The molecule has 0 bridgehead atoms. The second-order valence-electron chi connectivity index (χ2n) is 5.11. The number of esters is 1. The molecule has 0 spiro atoms. The molecule has 20 heavy (non-hydrogen) atoms. The lowest BCUT2D eigenvalue weighted by molar-refractivity contribution is -0.143. The fourth-order valence-corrected chi connectivity index (χ4v) is 1.93. The van der Waals surface area contributed by atoms with E-state index in [1.165, 1.54) is 7.11 Å². The molecule has 0 aliphatic carbocycles. The molecule has 0 saturated heterocycles. The SMILES string of the molecule is COC(=O)C(NC(=O)Nc1c(C)cccc1C)C(C)C. The Bertz CT molecular complexity index is 478. The summed E-state index contributed by atoms with van der Waals surface area (Å²) in [5, 5.41) is 5.43. The minimum atomic E-state index is -0.663. The molecule has 5 heteroatoms. The lowest BCUT2D eigenvalue weighted by Crippen LogP contribution is -2.46. The molecule has 110 valence electrons. The molecule has 0 heterocycles. The highest BCUT2D eigenvalue weighted by atomic mass is 16.5. The maximum absolute atomic E-state index is 12.0. The first kappa shape index (κ1) is 16.0. The topological polar surface area (TPSA) is 67.4 Å². The number of para-hydroxylation sites is 1. The van der Waals surface area contributed by atoms with Crippen molar-refractivity contribution < 1.29 is 14.3 Å². The van der Waals surface area contributed by atoms with Crippen molar-refractivity contribution in [2.24, 2.45) is 5.92 Å². The largest absolute Gasteiger partial charge is 0.467 e. The van der Waals surface area contributed by atoms with E-state index in [2.05, 4.69) is 10.6 Å². The number of urea groups is 1. The van der Waals surface area contributed by atoms with E-state index in [9.17, 15) is 9.59 Å². The molecule has 1 aromatic carbocycles. The number of nitrogens with one attached hydrogen (secondary N) is 2. The Balaban J connectivity index is 2.79. The molecule has 1 atom stereocenters. The van der Waals surface area contributed by atoms with Gasteiger partial charge in [0.25, 0.3) is 0 Å². The van der Waals surface area contributed by atoms with E-state index >= 15 is 0 Å². The molecular formula is C15H22N2O3. The van der Waals surface area contributed by atoms with E-state index in [1.807, 2.05) is 45.9 Å². The smallest absolute Gasteiger partial charge is 0.328 e. The van der Waals surface area contributed by atoms with Crippen molar-refractivity contribution in [3.05, 3.63) is 29.3 Å². The summed E-state index contributed by atoms with van der Waals surface area (Å²) in [5.41, 5.74) is 2.70. The van der Waals surface area contributed by atoms with Crippen molar-refractivity contribution in [3.63, 3.8) is 0 Å². The summed E-state index contributed by atoms with van der Waals surface area (Å²) in [6.07, 6.45) is 0. The maximum Gasteiger partial charge on any atom is 0.328 e. The summed E-state index contributed by atoms with van der Waals surface area (Å²) in [6, 6.07) is 4.70. The summed E-state index contributed by atoms with van der Waals surface area (Å²) in [5.74, 6) is -0.497. The van der Waals surface area contributed by atoms with Crippen LogP contribution in [0.4, 0.5) is 10.5 Å². The van der Waals surface area contributed by atoms with Crippen molar-refractivity contribution in [1.29, 1.82) is 0 Å². The summed E-state index contributed by atoms with van der Waals surface area (Å²) in [7, 11) is 1.31. The molecule has 2 amide bonds. The first-order valence-corrected chi connectivity index (χ1v) is 6.58. The predicted molar refractivity (Wildman–Crippen MR) is 78.7 cm³/mol. The van der Waals surface area contributed by atoms with E-state index in [0.717, 1.165) is 16.8 Å². The molecular weight excluding hydrogens is 256 g/mol. The molecule has 0 aromatic heterocycles. The van der Waals surface area contributed by atoms with Crippen LogP contribution in [0.15, 0.2) is 18.2 Å². The van der Waals surface area contributed by atoms with Crippen molar-refractivity contribution in [3.8, 4) is 0 Å². The van der Waals surface area contributed by atoms with Gasteiger partial charge in [-0.05, 0) is 30.9 Å². The number of carbonyl (C=O) groups excluding carboxylic acids is 2. The number of anilines is 1. The Morgan fingerprint density at radius 1 is 1.15 bits per heavy atom. The van der Waals surface area contributed by atoms with Crippen LogP contribution < -0.4 is 10.6 Å². The minimum absolute atomic E-state index is 0.0498. The van der Waals surface area contributed by atoms with E-state index in [0.29, 0.717) is 0 Å². The number of benzene rings is 1. The van der Waals surface area contributed by atoms with Crippen LogP contribution in [0.3, 0.4) is 0 Å². The molecule has 0 aliphatic rings. The second kappa shape index (κ2) is 6.93. The van der Waals surface area contributed by atoms with Gasteiger partial charge in [0.15, 0.2) is 0 Å². The highest BCUT2D eigenvalue weighted by Gasteiger charge is 2.25. The Kier molecular flexibility index (Phi) is 5.55. The summed E-state index contributed by atoms with van der Waals surface area (Å²) in [4.78, 5) is 23.6. The molecule has 0 fully saturated rings. The first-order valence-electron chi connectivity index (χ1n) is 6.58. The van der Waals surface area contributed by atoms with Crippen LogP contribution in [0.5, 0.6) is 0 Å². The number of hydrogen-bond acceptors (Lipinski definition) is 3. The number of methoxy groups -OCH3 is 1. The molecule has 0 radical (unpaired) electrons. The minimum Gasteiger partial charge on any atom is -0.467 e. The highest BCUT2D eigenvalue weighted by molar-refractivity contribution is 5.93. The van der Waals surface area contributed by atoms with Gasteiger partial charge in [-0.3, -0.25) is 0 Å². The van der Waals surface area contributed by atoms with Gasteiger partial charge in [-0.25, -0.2) is 9.59 Å². The number of hydrogen-bond donors (Lipinski definition) is 2. The van der Waals surface area contributed by atoms with Crippen molar-refractivity contribution >= 4 is 17.7 Å². The van der Waals surface area contributed by atoms with Crippen molar-refractivity contribution in [2.75, 3.05) is 12.4 Å². The van der Waals surface area contributed by atoms with Gasteiger partial charge < -0.3 is 15.4 Å². The van der Waals surface area contributed by atoms with Crippen molar-refractivity contribution in [2.45, 2.75) is 33.7 Å². The van der Waals surface area contributed by atoms with Crippen LogP contribution in [-0.4, -0.2) is 25.2 Å². The molecule has 1 rings (SSSR count). The first-order chi connectivity index (χ1) is 9.36. The third-order valence-electron chi connectivity index (χ3n) is 3.13. The van der Waals surface area contributed by atoms with Gasteiger partial charge in [0.2, 0.25) is 0 Å². The molecule has 2 N–H and O–H groups in total. The van der Waals surface area contributed by atoms with Crippen LogP contribution in [-0.2, 0) is 9.53 Å². The highest BCUT2D eigenvalue weighted by Crippen LogP contribution is 2.19. The molecule has 1 aromatic rings. The van der Waals surface area contributed by atoms with Gasteiger partial charge >= 0.3 is 12.0 Å². The molecule has 5 nitrogen and oxygen atoms in total. The standard InChI is InChI=1S/C15H22N2O3/c1-9(2)12(14(18)20-5)16-15(19)17-13-10(3)7-6-8-11(13)4/h6-9,12H,1-5H3,(H2,16,17,19). The zero-order chi connectivity index (χ0) is 15.3. The Morgan fingerprint density at radius 3 is 2.15 bits per heavy atom. The monoisotopic (exact) mass is 278 g/mol. The summed E-state index contributed by atoms with van der Waals surface area (Å²) < 4.78 is 4.69. The average molecular weight is 278 g/mol. The summed E-state index contributed by atoms with van der Waals surface area (Å²) in [6.45, 7) is 7.54. The van der Waals surface area contributed by atoms with Crippen LogP contribution in [0.2, 0.25) is 0 Å². The second-order valence-corrected chi connectivity index (χ2v) is 5.11. The van der Waals surface area contributed by atoms with E-state index in [1.54, 1.807) is 0 Å². The fraction of sp³-hybridized carbons (Fsp3) is 0.467. The van der Waals surface area contributed by atoms with Gasteiger partial charge in [0.1, 0.15) is 6.04 Å². The number of rotatable bonds is 4. The Labute approximate surface area is 119 Å². The number of ether oxygens (including phenoxy) is 1. The fourth-order valence-electron chi connectivity index (χ4n) is 1.93. The van der Waals surface area contributed by atoms with Gasteiger partial charge in [0.05, 0.1) is 7.11 Å². The van der Waals surface area contributed by atoms with Gasteiger partial charge in [0, 0.05) is 5.69 Å². The third kappa shape index (κ3) is 3.98. The maximum atomic E-state index is 12.0. The number of carbonyl (C=O) groups is 2. The predicted octanol–water partition coefficient (Wildman–Crippen LogP) is 2.62. The normalized spacial score (nSPS) is 11.9. The third-order valence-corrected chi connectivity index (χ3v) is 3.13. The molecule has 0 saturated carbocycles. The molecule has 0 aliphatic heterocycles. The summed E-state index contributed by atoms with van der Waals surface area (Å²) >= 11 is 0. The zero-order valence-corrected chi connectivity index (χ0v) is 12.6. The quantitative estimate of drug-likeness (QED) is 0.832. The van der Waals surface area contributed by atoms with Crippen LogP contribution in [0.25, 0.3) is 0 Å². The van der Waals surface area contributed by atoms with E-state index < -0.39 is 18.0 Å². The Morgan fingerprint density at radius 2 is 1.70 bits per heavy atom. The van der Waals surface area contributed by atoms with Crippen LogP contribution >= 0.6 is 0 Å². The van der Waals surface area contributed by atoms with Gasteiger partial charge in [-0.2, -0.15) is 0 Å². The van der Waals surface area contributed by atoms with Crippen LogP contribution in [0, 0.1) is 19.8 Å². The van der Waals surface area contributed by atoms with Gasteiger partial charge in [-0.1, -0.05) is 32.0 Å². The van der Waals surface area contributed by atoms with Crippen LogP contribution in [0.1, 0.15) is 25.0 Å². The number of amides is 2. The van der Waals surface area contributed by atoms with Gasteiger partial charge in [-0.15, -0.1) is 0 Å². The van der Waals surface area contributed by atoms with E-state index in [4.69, 9.17) is 4.74 Å². The molecule has 1 unspecified atom stereocenters. The lowest BCUT2D eigenvalue weighted by atomic mass is 10.1. The Hall–Kier alpha value is -2.04. The average Bonchev–Trinajstić information content (AvgIpc) is 2.39. The lowest BCUT2D eigenvalue weighted by Gasteiger charge is -2.21. The van der Waals surface area contributed by atoms with E-state index in [-0.39, 0.29) is 5.92 Å².